The number of carbonyl (C=O) groups is 1. The van der Waals surface area contributed by atoms with E-state index in [0.29, 0.717) is 30.9 Å². The smallest absolute Gasteiger partial charge is 0.227 e. The van der Waals surface area contributed by atoms with Crippen LogP contribution in [0.3, 0.4) is 0 Å². The number of fused-ring (bicyclic) bond motifs is 1. The Labute approximate surface area is 187 Å². The van der Waals surface area contributed by atoms with E-state index in [1.165, 1.54) is 0 Å². The van der Waals surface area contributed by atoms with E-state index in [-0.39, 0.29) is 29.9 Å². The van der Waals surface area contributed by atoms with Crippen molar-refractivity contribution in [3.8, 4) is 11.5 Å². The molecule has 32 heavy (non-hydrogen) atoms. The summed E-state index contributed by atoms with van der Waals surface area (Å²) < 4.78 is 40.6. The largest absolute Gasteiger partial charge is 0.497 e. The minimum Gasteiger partial charge on any atom is -0.497 e. The lowest BCUT2D eigenvalue weighted by atomic mass is 10.1. The molecule has 170 valence electrons. The molecule has 1 unspecified atom stereocenters. The van der Waals surface area contributed by atoms with Crippen molar-refractivity contribution in [1.29, 1.82) is 0 Å². The average molecular weight is 458 g/mol. The summed E-state index contributed by atoms with van der Waals surface area (Å²) in [6, 6.07) is 12.7. The molecule has 0 bridgehead atoms. The predicted octanol–water partition coefficient (Wildman–Crippen LogP) is 3.60. The Bertz CT molecular complexity index is 1200. The minimum absolute atomic E-state index is 0.00424. The molecule has 8 heteroatoms. The van der Waals surface area contributed by atoms with E-state index in [0.717, 1.165) is 22.3 Å². The summed E-state index contributed by atoms with van der Waals surface area (Å²) in [6.07, 6.45) is 2.15. The highest BCUT2D eigenvalue weighted by molar-refractivity contribution is 7.91. The molecule has 0 saturated carbocycles. The molecule has 3 aromatic rings. The molecule has 2 heterocycles. The number of hydrogen-bond donors (Lipinski definition) is 0. The maximum Gasteiger partial charge on any atom is 0.227 e. The molecular formula is C24H27NO6S. The third-order valence-corrected chi connectivity index (χ3v) is 7.51. The second-order valence-corrected chi connectivity index (χ2v) is 10.2. The first kappa shape index (κ1) is 22.2. The van der Waals surface area contributed by atoms with Crippen molar-refractivity contribution in [1.82, 2.24) is 4.90 Å². The van der Waals surface area contributed by atoms with Crippen LogP contribution in [-0.2, 0) is 27.6 Å². The Kier molecular flexibility index (Phi) is 6.41. The molecule has 0 aliphatic carbocycles. The quantitative estimate of drug-likeness (QED) is 0.514. The van der Waals surface area contributed by atoms with Gasteiger partial charge in [-0.15, -0.1) is 0 Å². The zero-order chi connectivity index (χ0) is 22.7. The predicted molar refractivity (Wildman–Crippen MR) is 122 cm³/mol. The summed E-state index contributed by atoms with van der Waals surface area (Å²) >= 11 is 0. The fourth-order valence-electron chi connectivity index (χ4n) is 4.09. The van der Waals surface area contributed by atoms with Crippen LogP contribution in [0.5, 0.6) is 11.5 Å². The lowest BCUT2D eigenvalue weighted by Crippen LogP contribution is -2.41. The molecule has 1 saturated heterocycles. The third-order valence-electron chi connectivity index (χ3n) is 5.76. The zero-order valence-electron chi connectivity index (χ0n) is 18.2. The molecule has 4 rings (SSSR count). The van der Waals surface area contributed by atoms with Gasteiger partial charge in [0.15, 0.2) is 9.84 Å². The number of rotatable bonds is 8. The van der Waals surface area contributed by atoms with Crippen LogP contribution in [-0.4, -0.2) is 50.5 Å². The molecule has 0 N–H and O–H groups in total. The van der Waals surface area contributed by atoms with Crippen molar-refractivity contribution in [3.63, 3.8) is 0 Å². The molecule has 1 amide bonds. The van der Waals surface area contributed by atoms with E-state index in [9.17, 15) is 13.2 Å². The van der Waals surface area contributed by atoms with Crippen LogP contribution >= 0.6 is 0 Å². The van der Waals surface area contributed by atoms with Crippen molar-refractivity contribution < 1.29 is 27.1 Å². The van der Waals surface area contributed by atoms with Crippen molar-refractivity contribution in [3.05, 3.63) is 59.9 Å². The monoisotopic (exact) mass is 457 g/mol. The summed E-state index contributed by atoms with van der Waals surface area (Å²) in [7, 11) is -1.55. The minimum atomic E-state index is -3.13. The lowest BCUT2D eigenvalue weighted by Gasteiger charge is -2.28. The Balaban J connectivity index is 1.58. The fourth-order valence-corrected chi connectivity index (χ4v) is 5.82. The van der Waals surface area contributed by atoms with Crippen molar-refractivity contribution in [2.45, 2.75) is 32.4 Å². The van der Waals surface area contributed by atoms with Gasteiger partial charge in [-0.05, 0) is 49.2 Å². The van der Waals surface area contributed by atoms with Crippen LogP contribution in [0.1, 0.15) is 24.5 Å². The SMILES string of the molecule is CCOc1ccc(CN(C(=O)Cc2coc3ccc(OC)cc23)C2CCS(=O)(=O)C2)cc1. The number of benzene rings is 2. The molecule has 2 aromatic carbocycles. The highest BCUT2D eigenvalue weighted by Gasteiger charge is 2.35. The molecule has 0 radical (unpaired) electrons. The molecule has 1 aliphatic rings. The van der Waals surface area contributed by atoms with Gasteiger partial charge in [0, 0.05) is 23.5 Å². The maximum atomic E-state index is 13.4. The van der Waals surface area contributed by atoms with Crippen LogP contribution in [0.15, 0.2) is 53.1 Å². The molecule has 7 nitrogen and oxygen atoms in total. The number of furan rings is 1. The Hall–Kier alpha value is -3.00. The van der Waals surface area contributed by atoms with Crippen LogP contribution < -0.4 is 9.47 Å². The first-order valence-electron chi connectivity index (χ1n) is 10.6. The average Bonchev–Trinajstić information content (AvgIpc) is 3.35. The summed E-state index contributed by atoms with van der Waals surface area (Å²) in [4.78, 5) is 15.1. The van der Waals surface area contributed by atoms with Gasteiger partial charge in [-0.1, -0.05) is 12.1 Å². The Morgan fingerprint density at radius 3 is 2.56 bits per heavy atom. The second-order valence-electron chi connectivity index (χ2n) is 7.96. The number of methoxy groups -OCH3 is 1. The van der Waals surface area contributed by atoms with Gasteiger partial charge in [-0.2, -0.15) is 0 Å². The van der Waals surface area contributed by atoms with Crippen LogP contribution in [0.4, 0.5) is 0 Å². The third kappa shape index (κ3) is 4.91. The molecule has 1 atom stereocenters. The van der Waals surface area contributed by atoms with Gasteiger partial charge in [0.1, 0.15) is 17.1 Å². The number of nitrogens with zero attached hydrogens (tertiary/aromatic N) is 1. The number of ether oxygens (including phenoxy) is 2. The van der Waals surface area contributed by atoms with Gasteiger partial charge in [-0.3, -0.25) is 4.79 Å². The van der Waals surface area contributed by atoms with Gasteiger partial charge in [0.25, 0.3) is 0 Å². The van der Waals surface area contributed by atoms with E-state index in [4.69, 9.17) is 13.9 Å². The maximum absolute atomic E-state index is 13.4. The van der Waals surface area contributed by atoms with Crippen LogP contribution in [0.25, 0.3) is 11.0 Å². The number of sulfone groups is 1. The number of amides is 1. The number of carbonyl (C=O) groups excluding carboxylic acids is 1. The first-order valence-corrected chi connectivity index (χ1v) is 12.5. The molecular weight excluding hydrogens is 430 g/mol. The number of hydrogen-bond acceptors (Lipinski definition) is 6. The first-order chi connectivity index (χ1) is 15.4. The second kappa shape index (κ2) is 9.24. The van der Waals surface area contributed by atoms with E-state index in [1.54, 1.807) is 24.3 Å². The highest BCUT2D eigenvalue weighted by Crippen LogP contribution is 2.28. The Morgan fingerprint density at radius 1 is 1.16 bits per heavy atom. The standard InChI is InChI=1S/C24H27NO6S/c1-3-30-20-6-4-17(5-7-20)14-25(19-10-11-32(27,28)16-19)24(26)12-18-15-31-23-9-8-21(29-2)13-22(18)23/h4-9,13,15,19H,3,10-12,14,16H2,1-2H3. The van der Waals surface area contributed by atoms with Crippen molar-refractivity contribution in [2.75, 3.05) is 25.2 Å². The Morgan fingerprint density at radius 2 is 1.91 bits per heavy atom. The topological polar surface area (TPSA) is 86.0 Å². The molecule has 1 aromatic heterocycles. The van der Waals surface area contributed by atoms with E-state index in [1.807, 2.05) is 43.3 Å². The summed E-state index contributed by atoms with van der Waals surface area (Å²) in [5.74, 6) is 1.41. The van der Waals surface area contributed by atoms with Crippen molar-refractivity contribution in [2.24, 2.45) is 0 Å². The zero-order valence-corrected chi connectivity index (χ0v) is 19.1. The molecule has 1 aliphatic heterocycles. The van der Waals surface area contributed by atoms with E-state index in [2.05, 4.69) is 0 Å². The normalized spacial score (nSPS) is 17.4. The van der Waals surface area contributed by atoms with Crippen LogP contribution in [0.2, 0.25) is 0 Å². The summed E-state index contributed by atoms with van der Waals surface area (Å²) in [6.45, 7) is 2.84. The van der Waals surface area contributed by atoms with Gasteiger partial charge < -0.3 is 18.8 Å². The van der Waals surface area contributed by atoms with Gasteiger partial charge in [0.2, 0.25) is 5.91 Å². The summed E-state index contributed by atoms with van der Waals surface area (Å²) in [5, 5.41) is 0.817. The molecule has 0 spiro atoms. The van der Waals surface area contributed by atoms with Crippen molar-refractivity contribution >= 4 is 26.7 Å². The fraction of sp³-hybridized carbons (Fsp3) is 0.375. The molecule has 1 fully saturated rings. The lowest BCUT2D eigenvalue weighted by molar-refractivity contribution is -0.133. The van der Waals surface area contributed by atoms with Gasteiger partial charge in [0.05, 0.1) is 37.9 Å². The van der Waals surface area contributed by atoms with E-state index < -0.39 is 9.84 Å². The summed E-state index contributed by atoms with van der Waals surface area (Å²) in [5.41, 5.74) is 2.35. The van der Waals surface area contributed by atoms with Gasteiger partial charge in [-0.25, -0.2) is 8.42 Å². The van der Waals surface area contributed by atoms with Gasteiger partial charge >= 0.3 is 0 Å². The van der Waals surface area contributed by atoms with E-state index >= 15 is 0 Å². The van der Waals surface area contributed by atoms with Crippen LogP contribution in [0, 0.1) is 0 Å². The highest BCUT2D eigenvalue weighted by atomic mass is 32.2.